The summed E-state index contributed by atoms with van der Waals surface area (Å²) in [7, 11) is 1.65. The molecule has 0 atom stereocenters. The molecule has 0 aliphatic rings. The highest BCUT2D eigenvalue weighted by atomic mass is 16.5. The molecule has 0 saturated heterocycles. The number of amides is 2. The first kappa shape index (κ1) is 16.3. The van der Waals surface area contributed by atoms with Crippen molar-refractivity contribution in [3.63, 3.8) is 0 Å². The molecule has 2 amide bonds. The Morgan fingerprint density at radius 2 is 2.05 bits per heavy atom. The molecular formula is C15H24N2O3. The number of nitrogens with one attached hydrogen (secondary N) is 2. The first-order chi connectivity index (χ1) is 9.76. The summed E-state index contributed by atoms with van der Waals surface area (Å²) < 4.78 is 10.3. The van der Waals surface area contributed by atoms with Crippen LogP contribution in [-0.4, -0.2) is 39.4 Å². The van der Waals surface area contributed by atoms with E-state index in [0.29, 0.717) is 26.3 Å². The minimum absolute atomic E-state index is 0.135. The van der Waals surface area contributed by atoms with Gasteiger partial charge in [-0.1, -0.05) is 12.1 Å². The molecule has 1 aromatic carbocycles. The SMILES string of the molecule is CCOCCCNC(=O)NCCc1cccc(OC)c1. The molecule has 0 saturated carbocycles. The zero-order valence-electron chi connectivity index (χ0n) is 12.3. The zero-order valence-corrected chi connectivity index (χ0v) is 12.3. The van der Waals surface area contributed by atoms with Crippen LogP contribution < -0.4 is 15.4 Å². The van der Waals surface area contributed by atoms with Crippen molar-refractivity contribution in [3.8, 4) is 5.75 Å². The first-order valence-corrected chi connectivity index (χ1v) is 6.98. The maximum Gasteiger partial charge on any atom is 0.314 e. The third-order valence-corrected chi connectivity index (χ3v) is 2.79. The largest absolute Gasteiger partial charge is 0.497 e. The maximum absolute atomic E-state index is 11.5. The highest BCUT2D eigenvalue weighted by molar-refractivity contribution is 5.73. The molecule has 0 fully saturated rings. The molecule has 0 aliphatic carbocycles. The van der Waals surface area contributed by atoms with Gasteiger partial charge in [-0.3, -0.25) is 0 Å². The molecule has 5 heteroatoms. The van der Waals surface area contributed by atoms with E-state index in [0.717, 1.165) is 24.2 Å². The Morgan fingerprint density at radius 1 is 1.25 bits per heavy atom. The van der Waals surface area contributed by atoms with E-state index in [4.69, 9.17) is 9.47 Å². The number of ether oxygens (including phenoxy) is 2. The number of methoxy groups -OCH3 is 1. The molecule has 2 N–H and O–H groups in total. The summed E-state index contributed by atoms with van der Waals surface area (Å²) >= 11 is 0. The van der Waals surface area contributed by atoms with Gasteiger partial charge in [-0.15, -0.1) is 0 Å². The Kier molecular flexibility index (Phi) is 8.22. The highest BCUT2D eigenvalue weighted by Gasteiger charge is 2.00. The van der Waals surface area contributed by atoms with Crippen LogP contribution in [0.2, 0.25) is 0 Å². The van der Waals surface area contributed by atoms with Crippen LogP contribution in [0.5, 0.6) is 5.75 Å². The van der Waals surface area contributed by atoms with Gasteiger partial charge in [0.1, 0.15) is 5.75 Å². The number of rotatable bonds is 9. The lowest BCUT2D eigenvalue weighted by Crippen LogP contribution is -2.37. The van der Waals surface area contributed by atoms with Crippen LogP contribution in [0.4, 0.5) is 4.79 Å². The number of hydrogen-bond acceptors (Lipinski definition) is 3. The predicted octanol–water partition coefficient (Wildman–Crippen LogP) is 1.96. The van der Waals surface area contributed by atoms with Crippen molar-refractivity contribution in [2.45, 2.75) is 19.8 Å². The van der Waals surface area contributed by atoms with Gasteiger partial charge < -0.3 is 20.1 Å². The lowest BCUT2D eigenvalue weighted by molar-refractivity contribution is 0.145. The van der Waals surface area contributed by atoms with Crippen molar-refractivity contribution in [1.82, 2.24) is 10.6 Å². The van der Waals surface area contributed by atoms with Crippen LogP contribution in [0.1, 0.15) is 18.9 Å². The monoisotopic (exact) mass is 280 g/mol. The minimum Gasteiger partial charge on any atom is -0.497 e. The minimum atomic E-state index is -0.135. The fourth-order valence-electron chi connectivity index (χ4n) is 1.73. The van der Waals surface area contributed by atoms with Crippen LogP contribution >= 0.6 is 0 Å². The Bertz CT molecular complexity index is 396. The Balaban J connectivity index is 2.12. The van der Waals surface area contributed by atoms with Crippen LogP contribution in [0, 0.1) is 0 Å². The standard InChI is InChI=1S/C15H24N2O3/c1-3-20-11-5-9-16-15(18)17-10-8-13-6-4-7-14(12-13)19-2/h4,6-7,12H,3,5,8-11H2,1-2H3,(H2,16,17,18). The van der Waals surface area contributed by atoms with Crippen molar-refractivity contribution < 1.29 is 14.3 Å². The van der Waals surface area contributed by atoms with Crippen molar-refractivity contribution in [2.24, 2.45) is 0 Å². The van der Waals surface area contributed by atoms with E-state index in [9.17, 15) is 4.79 Å². The molecule has 0 spiro atoms. The molecule has 0 aliphatic heterocycles. The number of urea groups is 1. The molecule has 1 aromatic rings. The summed E-state index contributed by atoms with van der Waals surface area (Å²) in [5.41, 5.74) is 1.14. The van der Waals surface area contributed by atoms with E-state index in [1.54, 1.807) is 7.11 Å². The van der Waals surface area contributed by atoms with Gasteiger partial charge in [0, 0.05) is 26.3 Å². The Labute approximate surface area is 120 Å². The molecule has 0 radical (unpaired) electrons. The van der Waals surface area contributed by atoms with Gasteiger partial charge >= 0.3 is 6.03 Å². The zero-order chi connectivity index (χ0) is 14.6. The van der Waals surface area contributed by atoms with Crippen molar-refractivity contribution in [1.29, 1.82) is 0 Å². The Morgan fingerprint density at radius 3 is 2.80 bits per heavy atom. The van der Waals surface area contributed by atoms with Crippen LogP contribution in [0.3, 0.4) is 0 Å². The lowest BCUT2D eigenvalue weighted by Gasteiger charge is -2.08. The van der Waals surface area contributed by atoms with Gasteiger partial charge in [0.05, 0.1) is 7.11 Å². The summed E-state index contributed by atoms with van der Waals surface area (Å²) in [6.07, 6.45) is 1.61. The van der Waals surface area contributed by atoms with Gasteiger partial charge in [-0.25, -0.2) is 4.79 Å². The van der Waals surface area contributed by atoms with E-state index < -0.39 is 0 Å². The fraction of sp³-hybridized carbons (Fsp3) is 0.533. The smallest absolute Gasteiger partial charge is 0.314 e. The van der Waals surface area contributed by atoms with E-state index in [-0.39, 0.29) is 6.03 Å². The van der Waals surface area contributed by atoms with Crippen LogP contribution in [-0.2, 0) is 11.2 Å². The van der Waals surface area contributed by atoms with E-state index in [1.165, 1.54) is 0 Å². The summed E-state index contributed by atoms with van der Waals surface area (Å²) in [5.74, 6) is 0.836. The van der Waals surface area contributed by atoms with E-state index in [1.807, 2.05) is 31.2 Å². The fourth-order valence-corrected chi connectivity index (χ4v) is 1.73. The second-order valence-electron chi connectivity index (χ2n) is 4.33. The molecule has 20 heavy (non-hydrogen) atoms. The number of carbonyl (C=O) groups excluding carboxylic acids is 1. The molecule has 0 bridgehead atoms. The van der Waals surface area contributed by atoms with Crippen molar-refractivity contribution >= 4 is 6.03 Å². The molecule has 0 aromatic heterocycles. The average Bonchev–Trinajstić information content (AvgIpc) is 2.47. The van der Waals surface area contributed by atoms with Crippen LogP contribution in [0.25, 0.3) is 0 Å². The average molecular weight is 280 g/mol. The number of benzene rings is 1. The Hall–Kier alpha value is -1.75. The van der Waals surface area contributed by atoms with Gasteiger partial charge in [0.2, 0.25) is 0 Å². The van der Waals surface area contributed by atoms with Gasteiger partial charge in [-0.2, -0.15) is 0 Å². The van der Waals surface area contributed by atoms with Crippen molar-refractivity contribution in [2.75, 3.05) is 33.4 Å². The van der Waals surface area contributed by atoms with Gasteiger partial charge in [0.25, 0.3) is 0 Å². The van der Waals surface area contributed by atoms with E-state index >= 15 is 0 Å². The third-order valence-electron chi connectivity index (χ3n) is 2.79. The topological polar surface area (TPSA) is 59.6 Å². The molecule has 1 rings (SSSR count). The second-order valence-corrected chi connectivity index (χ2v) is 4.33. The molecular weight excluding hydrogens is 256 g/mol. The number of carbonyl (C=O) groups is 1. The number of hydrogen-bond donors (Lipinski definition) is 2. The van der Waals surface area contributed by atoms with E-state index in [2.05, 4.69) is 10.6 Å². The maximum atomic E-state index is 11.5. The molecule has 0 unspecified atom stereocenters. The van der Waals surface area contributed by atoms with Crippen LogP contribution in [0.15, 0.2) is 24.3 Å². The summed E-state index contributed by atoms with van der Waals surface area (Å²) in [4.78, 5) is 11.5. The second kappa shape index (κ2) is 10.1. The summed E-state index contributed by atoms with van der Waals surface area (Å²) in [6, 6.07) is 7.71. The lowest BCUT2D eigenvalue weighted by atomic mass is 10.1. The predicted molar refractivity (Wildman–Crippen MR) is 79.2 cm³/mol. The summed E-state index contributed by atoms with van der Waals surface area (Å²) in [6.45, 7) is 4.58. The molecule has 0 heterocycles. The van der Waals surface area contributed by atoms with Crippen molar-refractivity contribution in [3.05, 3.63) is 29.8 Å². The highest BCUT2D eigenvalue weighted by Crippen LogP contribution is 2.12. The molecule has 5 nitrogen and oxygen atoms in total. The van der Waals surface area contributed by atoms with Gasteiger partial charge in [0.15, 0.2) is 0 Å². The van der Waals surface area contributed by atoms with Gasteiger partial charge in [-0.05, 0) is 37.5 Å². The summed E-state index contributed by atoms with van der Waals surface area (Å²) in [5, 5.41) is 5.62. The third kappa shape index (κ3) is 6.99. The molecule has 112 valence electrons. The first-order valence-electron chi connectivity index (χ1n) is 6.98. The normalized spacial score (nSPS) is 10.1. The quantitative estimate of drug-likeness (QED) is 0.680.